The third-order valence-electron chi connectivity index (χ3n) is 6.18. The van der Waals surface area contributed by atoms with Crippen molar-refractivity contribution >= 4 is 49.8 Å². The first-order chi connectivity index (χ1) is 16.8. The molecule has 1 unspecified atom stereocenters. The molecule has 5 rings (SSSR count). The van der Waals surface area contributed by atoms with Gasteiger partial charge in [0.15, 0.2) is 11.6 Å². The predicted octanol–water partition coefficient (Wildman–Crippen LogP) is 6.82. The Bertz CT molecular complexity index is 1560. The Hall–Kier alpha value is -3.84. The lowest BCUT2D eigenvalue weighted by atomic mass is 9.91. The molecule has 7 heteroatoms. The van der Waals surface area contributed by atoms with Gasteiger partial charge in [0.2, 0.25) is 0 Å². The minimum absolute atomic E-state index is 0.00923. The average Bonchev–Trinajstić information content (AvgIpc) is 3.12. The number of ketones is 1. The van der Waals surface area contributed by atoms with Crippen molar-refractivity contribution in [2.45, 2.75) is 13.0 Å². The molecule has 174 valence electrons. The molecular formula is C28H18BrF2NO3. The number of benzene rings is 4. The topological polar surface area (TPSA) is 57.6 Å². The zero-order chi connectivity index (χ0) is 24.9. The van der Waals surface area contributed by atoms with Crippen LogP contribution in [0.5, 0.6) is 0 Å². The zero-order valence-corrected chi connectivity index (χ0v) is 20.0. The van der Waals surface area contributed by atoms with Crippen LogP contribution in [-0.4, -0.2) is 16.8 Å². The fourth-order valence-corrected chi connectivity index (χ4v) is 4.71. The molecule has 0 aromatic heterocycles. The Morgan fingerprint density at radius 2 is 1.66 bits per heavy atom. The summed E-state index contributed by atoms with van der Waals surface area (Å²) < 4.78 is 28.7. The number of aliphatic hydroxyl groups is 1. The molecule has 0 bridgehead atoms. The highest BCUT2D eigenvalue weighted by atomic mass is 79.9. The van der Waals surface area contributed by atoms with E-state index in [0.717, 1.165) is 37.8 Å². The number of nitrogens with zero attached hydrogens (tertiary/aromatic N) is 1. The standard InChI is InChI=1S/C28H18BrF2NO3/c1-15-13-17(9-11-21(15)29)26(33)24-25(20-8-4-6-16-5-2-3-7-19(16)20)32(28(35)27(24)34)18-10-12-22(30)23(31)14-18/h2-14,25,33H,1H3/b26-24-. The van der Waals surface area contributed by atoms with Gasteiger partial charge in [0.1, 0.15) is 5.76 Å². The normalized spacial score (nSPS) is 17.4. The molecule has 35 heavy (non-hydrogen) atoms. The maximum absolute atomic E-state index is 14.2. The second-order valence-electron chi connectivity index (χ2n) is 8.30. The van der Waals surface area contributed by atoms with Crippen molar-refractivity contribution in [1.29, 1.82) is 0 Å². The largest absolute Gasteiger partial charge is 0.507 e. The number of hydrogen-bond donors (Lipinski definition) is 1. The van der Waals surface area contributed by atoms with Crippen LogP contribution in [0.3, 0.4) is 0 Å². The lowest BCUT2D eigenvalue weighted by molar-refractivity contribution is -0.132. The Morgan fingerprint density at radius 1 is 0.914 bits per heavy atom. The molecule has 1 N–H and O–H groups in total. The van der Waals surface area contributed by atoms with Crippen LogP contribution in [0.1, 0.15) is 22.7 Å². The predicted molar refractivity (Wildman–Crippen MR) is 134 cm³/mol. The van der Waals surface area contributed by atoms with Gasteiger partial charge in [-0.1, -0.05) is 64.5 Å². The number of halogens is 3. The maximum atomic E-state index is 14.2. The van der Waals surface area contributed by atoms with Crippen LogP contribution in [0.15, 0.2) is 88.9 Å². The van der Waals surface area contributed by atoms with E-state index in [2.05, 4.69) is 15.9 Å². The van der Waals surface area contributed by atoms with E-state index in [4.69, 9.17) is 0 Å². The third kappa shape index (κ3) is 3.82. The molecule has 0 spiro atoms. The van der Waals surface area contributed by atoms with E-state index in [1.807, 2.05) is 37.3 Å². The Balaban J connectivity index is 1.81. The van der Waals surface area contributed by atoms with E-state index in [-0.39, 0.29) is 17.0 Å². The van der Waals surface area contributed by atoms with Crippen LogP contribution in [-0.2, 0) is 9.59 Å². The van der Waals surface area contributed by atoms with Crippen molar-refractivity contribution in [2.24, 2.45) is 0 Å². The van der Waals surface area contributed by atoms with Crippen molar-refractivity contribution in [2.75, 3.05) is 4.90 Å². The van der Waals surface area contributed by atoms with E-state index >= 15 is 0 Å². The minimum atomic E-state index is -1.15. The Labute approximate surface area is 208 Å². The summed E-state index contributed by atoms with van der Waals surface area (Å²) in [6, 6.07) is 19.9. The number of amides is 1. The minimum Gasteiger partial charge on any atom is -0.507 e. The number of aliphatic hydroxyl groups excluding tert-OH is 1. The van der Waals surface area contributed by atoms with Crippen LogP contribution >= 0.6 is 15.9 Å². The molecule has 1 heterocycles. The van der Waals surface area contributed by atoms with Gasteiger partial charge in [-0.3, -0.25) is 14.5 Å². The van der Waals surface area contributed by atoms with E-state index in [1.165, 1.54) is 6.07 Å². The maximum Gasteiger partial charge on any atom is 0.300 e. The zero-order valence-electron chi connectivity index (χ0n) is 18.4. The molecule has 4 nitrogen and oxygen atoms in total. The second-order valence-corrected chi connectivity index (χ2v) is 9.15. The summed E-state index contributed by atoms with van der Waals surface area (Å²) in [5.41, 5.74) is 1.64. The first kappa shape index (κ1) is 22.9. The van der Waals surface area contributed by atoms with E-state index < -0.39 is 29.4 Å². The molecule has 4 aromatic carbocycles. The molecule has 1 saturated heterocycles. The van der Waals surface area contributed by atoms with Gasteiger partial charge in [0.25, 0.3) is 11.7 Å². The number of aryl methyl sites for hydroxylation is 1. The number of hydrogen-bond acceptors (Lipinski definition) is 3. The van der Waals surface area contributed by atoms with Crippen LogP contribution < -0.4 is 4.90 Å². The molecule has 1 fully saturated rings. The van der Waals surface area contributed by atoms with Gasteiger partial charge in [0.05, 0.1) is 11.6 Å². The van der Waals surface area contributed by atoms with Crippen molar-refractivity contribution in [3.8, 4) is 0 Å². The number of carbonyl (C=O) groups excluding carboxylic acids is 2. The fraction of sp³-hybridized carbons (Fsp3) is 0.0714. The summed E-state index contributed by atoms with van der Waals surface area (Å²) in [5, 5.41) is 12.9. The molecule has 4 aromatic rings. The highest BCUT2D eigenvalue weighted by molar-refractivity contribution is 9.10. The lowest BCUT2D eigenvalue weighted by Crippen LogP contribution is -2.29. The molecule has 0 saturated carbocycles. The van der Waals surface area contributed by atoms with Gasteiger partial charge in [-0.2, -0.15) is 0 Å². The highest BCUT2D eigenvalue weighted by Crippen LogP contribution is 2.44. The molecule has 0 radical (unpaired) electrons. The van der Waals surface area contributed by atoms with Crippen LogP contribution in [0.4, 0.5) is 14.5 Å². The summed E-state index contributed by atoms with van der Waals surface area (Å²) in [7, 11) is 0. The number of Topliss-reactive ketones (excluding diaryl/α,β-unsaturated/α-hetero) is 1. The Kier molecular flexibility index (Phi) is 5.73. The number of carbonyl (C=O) groups is 2. The first-order valence-corrected chi connectivity index (χ1v) is 11.6. The Morgan fingerprint density at radius 3 is 2.40 bits per heavy atom. The van der Waals surface area contributed by atoms with Crippen molar-refractivity contribution in [1.82, 2.24) is 0 Å². The smallest absolute Gasteiger partial charge is 0.300 e. The van der Waals surface area contributed by atoms with Gasteiger partial charge in [-0.25, -0.2) is 8.78 Å². The van der Waals surface area contributed by atoms with Crippen molar-refractivity contribution in [3.05, 3.63) is 117 Å². The third-order valence-corrected chi connectivity index (χ3v) is 7.06. The number of anilines is 1. The SMILES string of the molecule is Cc1cc(/C(O)=C2/C(=O)C(=O)N(c3ccc(F)c(F)c3)C2c2cccc3ccccc23)ccc1Br. The molecule has 1 aliphatic heterocycles. The highest BCUT2D eigenvalue weighted by Gasteiger charge is 2.47. The molecule has 1 atom stereocenters. The molecule has 1 aliphatic rings. The van der Waals surface area contributed by atoms with Gasteiger partial charge < -0.3 is 5.11 Å². The summed E-state index contributed by atoms with van der Waals surface area (Å²) in [4.78, 5) is 27.8. The van der Waals surface area contributed by atoms with E-state index in [9.17, 15) is 23.5 Å². The summed E-state index contributed by atoms with van der Waals surface area (Å²) in [6.07, 6.45) is 0. The van der Waals surface area contributed by atoms with E-state index in [0.29, 0.717) is 11.1 Å². The average molecular weight is 534 g/mol. The summed E-state index contributed by atoms with van der Waals surface area (Å²) >= 11 is 3.42. The van der Waals surface area contributed by atoms with Crippen LogP contribution in [0.25, 0.3) is 16.5 Å². The molecule has 0 aliphatic carbocycles. The summed E-state index contributed by atoms with van der Waals surface area (Å²) in [5.74, 6) is -4.42. The van der Waals surface area contributed by atoms with Gasteiger partial charge in [-0.05, 0) is 53.1 Å². The molecule has 1 amide bonds. The van der Waals surface area contributed by atoms with Crippen LogP contribution in [0, 0.1) is 18.6 Å². The molecular weight excluding hydrogens is 516 g/mol. The fourth-order valence-electron chi connectivity index (χ4n) is 4.46. The van der Waals surface area contributed by atoms with Gasteiger partial charge in [-0.15, -0.1) is 0 Å². The van der Waals surface area contributed by atoms with Crippen molar-refractivity contribution in [3.63, 3.8) is 0 Å². The van der Waals surface area contributed by atoms with E-state index in [1.54, 1.807) is 30.3 Å². The quantitative estimate of drug-likeness (QED) is 0.178. The number of fused-ring (bicyclic) bond motifs is 1. The van der Waals surface area contributed by atoms with Gasteiger partial charge in [0, 0.05) is 21.8 Å². The second kappa shape index (κ2) is 8.74. The van der Waals surface area contributed by atoms with Crippen molar-refractivity contribution < 1.29 is 23.5 Å². The summed E-state index contributed by atoms with van der Waals surface area (Å²) in [6.45, 7) is 1.84. The number of rotatable bonds is 3. The first-order valence-electron chi connectivity index (χ1n) is 10.8. The van der Waals surface area contributed by atoms with Crippen LogP contribution in [0.2, 0.25) is 0 Å². The van der Waals surface area contributed by atoms with Gasteiger partial charge >= 0.3 is 0 Å². The lowest BCUT2D eigenvalue weighted by Gasteiger charge is -2.26. The monoisotopic (exact) mass is 533 g/mol.